The van der Waals surface area contributed by atoms with Crippen molar-refractivity contribution < 1.29 is 9.47 Å². The van der Waals surface area contributed by atoms with Crippen LogP contribution in [0, 0.1) is 13.8 Å². The van der Waals surface area contributed by atoms with Gasteiger partial charge in [0.25, 0.3) is 0 Å². The van der Waals surface area contributed by atoms with Crippen molar-refractivity contribution in [3.8, 4) is 11.5 Å². The van der Waals surface area contributed by atoms with Crippen LogP contribution in [0.2, 0.25) is 5.02 Å². The van der Waals surface area contributed by atoms with Crippen molar-refractivity contribution in [1.29, 1.82) is 0 Å². The van der Waals surface area contributed by atoms with Gasteiger partial charge in [-0.15, -0.1) is 0 Å². The molecule has 4 rings (SSSR count). The van der Waals surface area contributed by atoms with E-state index in [1.54, 1.807) is 13.3 Å². The summed E-state index contributed by atoms with van der Waals surface area (Å²) < 4.78 is 11.7. The summed E-state index contributed by atoms with van der Waals surface area (Å²) in [4.78, 5) is 4.63. The molecule has 31 heavy (non-hydrogen) atoms. The summed E-state index contributed by atoms with van der Waals surface area (Å²) in [6.45, 7) is 4.55. The molecule has 0 amide bonds. The summed E-state index contributed by atoms with van der Waals surface area (Å²) in [5.41, 5.74) is 5.25. The summed E-state index contributed by atoms with van der Waals surface area (Å²) in [6.07, 6.45) is 1.80. The van der Waals surface area contributed by atoms with Gasteiger partial charge in [-0.05, 0) is 65.1 Å². The van der Waals surface area contributed by atoms with E-state index in [1.807, 2.05) is 42.5 Å². The number of halogens is 1. The zero-order chi connectivity index (χ0) is 21.8. The minimum Gasteiger partial charge on any atom is -0.493 e. The van der Waals surface area contributed by atoms with E-state index in [-0.39, 0.29) is 0 Å². The molecular formula is C27H24ClNO2. The monoisotopic (exact) mass is 429 g/mol. The van der Waals surface area contributed by atoms with E-state index in [9.17, 15) is 0 Å². The second-order valence-electron chi connectivity index (χ2n) is 7.44. The third-order valence-corrected chi connectivity index (χ3v) is 5.71. The van der Waals surface area contributed by atoms with E-state index >= 15 is 0 Å². The predicted molar refractivity (Wildman–Crippen MR) is 129 cm³/mol. The van der Waals surface area contributed by atoms with Crippen molar-refractivity contribution in [2.24, 2.45) is 4.99 Å². The van der Waals surface area contributed by atoms with Gasteiger partial charge in [-0.25, -0.2) is 0 Å². The number of fused-ring (bicyclic) bond motifs is 1. The molecule has 0 aromatic heterocycles. The Morgan fingerprint density at radius 1 is 0.935 bits per heavy atom. The highest BCUT2D eigenvalue weighted by Crippen LogP contribution is 2.37. The molecule has 0 unspecified atom stereocenters. The summed E-state index contributed by atoms with van der Waals surface area (Å²) in [5, 5.41) is 2.83. The van der Waals surface area contributed by atoms with Crippen LogP contribution in [0.25, 0.3) is 10.8 Å². The van der Waals surface area contributed by atoms with Crippen LogP contribution in [0.15, 0.2) is 77.8 Å². The summed E-state index contributed by atoms with van der Waals surface area (Å²) in [6, 6.07) is 24.3. The molecular weight excluding hydrogens is 406 g/mol. The van der Waals surface area contributed by atoms with Gasteiger partial charge >= 0.3 is 0 Å². The molecule has 4 aromatic rings. The number of rotatable bonds is 6. The Morgan fingerprint density at radius 3 is 2.55 bits per heavy atom. The van der Waals surface area contributed by atoms with E-state index in [4.69, 9.17) is 21.1 Å². The van der Waals surface area contributed by atoms with Gasteiger partial charge in [0.1, 0.15) is 6.61 Å². The molecule has 0 bridgehead atoms. The number of aliphatic imine (C=N–C) groups is 1. The molecule has 0 heterocycles. The topological polar surface area (TPSA) is 30.8 Å². The highest BCUT2D eigenvalue weighted by atomic mass is 35.5. The number of hydrogen-bond acceptors (Lipinski definition) is 3. The molecule has 0 atom stereocenters. The molecule has 0 saturated heterocycles. The van der Waals surface area contributed by atoms with Crippen molar-refractivity contribution in [1.82, 2.24) is 0 Å². The van der Waals surface area contributed by atoms with Gasteiger partial charge < -0.3 is 9.47 Å². The number of aryl methyl sites for hydroxylation is 1. The average Bonchev–Trinajstić information content (AvgIpc) is 2.79. The summed E-state index contributed by atoms with van der Waals surface area (Å²) >= 11 is 6.57. The molecule has 3 nitrogen and oxygen atoms in total. The lowest BCUT2D eigenvalue weighted by atomic mass is 10.1. The van der Waals surface area contributed by atoms with Crippen LogP contribution < -0.4 is 9.47 Å². The van der Waals surface area contributed by atoms with Gasteiger partial charge in [0.15, 0.2) is 11.5 Å². The molecule has 0 fully saturated rings. The third-order valence-electron chi connectivity index (χ3n) is 5.43. The fourth-order valence-electron chi connectivity index (χ4n) is 3.54. The largest absolute Gasteiger partial charge is 0.493 e. The molecule has 0 aliphatic heterocycles. The van der Waals surface area contributed by atoms with Crippen LogP contribution in [0.4, 0.5) is 5.69 Å². The van der Waals surface area contributed by atoms with E-state index in [1.165, 1.54) is 10.9 Å². The van der Waals surface area contributed by atoms with Crippen molar-refractivity contribution in [3.63, 3.8) is 0 Å². The minimum atomic E-state index is 0.396. The van der Waals surface area contributed by atoms with Crippen LogP contribution in [0.5, 0.6) is 11.5 Å². The van der Waals surface area contributed by atoms with Crippen LogP contribution >= 0.6 is 11.6 Å². The Kier molecular flexibility index (Phi) is 6.24. The van der Waals surface area contributed by atoms with Crippen molar-refractivity contribution in [3.05, 3.63) is 100 Å². The van der Waals surface area contributed by atoms with E-state index in [0.717, 1.165) is 27.8 Å². The first-order valence-corrected chi connectivity index (χ1v) is 10.5. The number of ether oxygens (including phenoxy) is 2. The van der Waals surface area contributed by atoms with E-state index < -0.39 is 0 Å². The third kappa shape index (κ3) is 4.57. The molecule has 0 spiro atoms. The van der Waals surface area contributed by atoms with Crippen LogP contribution in [0.3, 0.4) is 0 Å². The fraction of sp³-hybridized carbons (Fsp3) is 0.148. The Balaban J connectivity index is 1.59. The van der Waals surface area contributed by atoms with E-state index in [0.29, 0.717) is 23.1 Å². The quantitative estimate of drug-likeness (QED) is 0.298. The molecule has 0 aliphatic rings. The number of hydrogen-bond donors (Lipinski definition) is 0. The van der Waals surface area contributed by atoms with Crippen molar-refractivity contribution >= 4 is 34.3 Å². The Morgan fingerprint density at radius 2 is 1.71 bits per heavy atom. The molecule has 4 aromatic carbocycles. The Bertz CT molecular complexity index is 1260. The second-order valence-corrected chi connectivity index (χ2v) is 7.85. The van der Waals surface area contributed by atoms with Crippen LogP contribution in [-0.4, -0.2) is 13.3 Å². The van der Waals surface area contributed by atoms with Gasteiger partial charge in [0.2, 0.25) is 0 Å². The highest BCUT2D eigenvalue weighted by Gasteiger charge is 2.13. The van der Waals surface area contributed by atoms with Gasteiger partial charge in [0.05, 0.1) is 17.8 Å². The number of methoxy groups -OCH3 is 1. The summed E-state index contributed by atoms with van der Waals surface area (Å²) in [5.74, 6) is 1.11. The van der Waals surface area contributed by atoms with Gasteiger partial charge in [-0.3, -0.25) is 4.99 Å². The predicted octanol–water partition coefficient (Wildman–Crippen LogP) is 7.45. The van der Waals surface area contributed by atoms with Crippen LogP contribution in [-0.2, 0) is 6.61 Å². The molecule has 156 valence electrons. The Labute approximate surface area is 187 Å². The first-order valence-electron chi connectivity index (χ1n) is 10.1. The lowest BCUT2D eigenvalue weighted by molar-refractivity contribution is 0.286. The Hall–Kier alpha value is -3.30. The normalized spacial score (nSPS) is 11.2. The average molecular weight is 430 g/mol. The van der Waals surface area contributed by atoms with Crippen molar-refractivity contribution in [2.45, 2.75) is 20.5 Å². The molecule has 4 heteroatoms. The second kappa shape index (κ2) is 9.23. The fourth-order valence-corrected chi connectivity index (χ4v) is 3.82. The standard InChI is InChI=1S/C27H24ClNO2/c1-18-8-6-13-25(19(18)2)29-16-20-14-24(28)27(26(15-20)30-3)31-17-22-11-7-10-21-9-4-5-12-23(21)22/h4-16H,17H2,1-3H3. The highest BCUT2D eigenvalue weighted by molar-refractivity contribution is 6.32. The zero-order valence-corrected chi connectivity index (χ0v) is 18.6. The first kappa shape index (κ1) is 21.0. The van der Waals surface area contributed by atoms with Crippen molar-refractivity contribution in [2.75, 3.05) is 7.11 Å². The van der Waals surface area contributed by atoms with Gasteiger partial charge in [-0.2, -0.15) is 0 Å². The zero-order valence-electron chi connectivity index (χ0n) is 17.9. The molecule has 0 radical (unpaired) electrons. The maximum atomic E-state index is 6.57. The molecule has 0 aliphatic carbocycles. The molecule has 0 N–H and O–H groups in total. The smallest absolute Gasteiger partial charge is 0.180 e. The lowest BCUT2D eigenvalue weighted by Gasteiger charge is -2.14. The van der Waals surface area contributed by atoms with Crippen LogP contribution in [0.1, 0.15) is 22.3 Å². The number of benzene rings is 4. The lowest BCUT2D eigenvalue weighted by Crippen LogP contribution is -2.00. The number of nitrogens with zero attached hydrogens (tertiary/aromatic N) is 1. The maximum absolute atomic E-state index is 6.57. The summed E-state index contributed by atoms with van der Waals surface area (Å²) in [7, 11) is 1.61. The molecule has 0 saturated carbocycles. The van der Waals surface area contributed by atoms with E-state index in [2.05, 4.69) is 49.2 Å². The first-order chi connectivity index (χ1) is 15.1. The van der Waals surface area contributed by atoms with Gasteiger partial charge in [0, 0.05) is 6.21 Å². The van der Waals surface area contributed by atoms with Gasteiger partial charge in [-0.1, -0.05) is 66.2 Å². The SMILES string of the molecule is COc1cc(C=Nc2cccc(C)c2C)cc(Cl)c1OCc1cccc2ccccc12. The minimum absolute atomic E-state index is 0.396. The maximum Gasteiger partial charge on any atom is 0.180 e.